The van der Waals surface area contributed by atoms with Crippen molar-refractivity contribution in [3.63, 3.8) is 0 Å². The van der Waals surface area contributed by atoms with Gasteiger partial charge in [0.1, 0.15) is 0 Å². The van der Waals surface area contributed by atoms with E-state index < -0.39 is 0 Å². The lowest BCUT2D eigenvalue weighted by Gasteiger charge is -2.03. The van der Waals surface area contributed by atoms with Crippen LogP contribution < -0.4 is 5.32 Å². The number of benzene rings is 1. The highest BCUT2D eigenvalue weighted by Crippen LogP contribution is 2.22. The third-order valence-corrected chi connectivity index (χ3v) is 4.38. The van der Waals surface area contributed by atoms with E-state index in [9.17, 15) is 10.1 Å². The van der Waals surface area contributed by atoms with Gasteiger partial charge in [-0.1, -0.05) is 12.1 Å². The van der Waals surface area contributed by atoms with Crippen LogP contribution in [0.3, 0.4) is 0 Å². The van der Waals surface area contributed by atoms with Crippen LogP contribution in [0.5, 0.6) is 0 Å². The zero-order valence-corrected chi connectivity index (χ0v) is 11.8. The Morgan fingerprint density at radius 1 is 1.22 bits per heavy atom. The minimum absolute atomic E-state index is 0.125. The Labute approximate surface area is 117 Å². The van der Waals surface area contributed by atoms with Gasteiger partial charge in [-0.3, -0.25) is 10.1 Å². The van der Waals surface area contributed by atoms with Crippen molar-refractivity contribution in [3.05, 3.63) is 60.7 Å². The summed E-state index contributed by atoms with van der Waals surface area (Å²) in [6.45, 7) is 1.48. The van der Waals surface area contributed by atoms with Crippen LogP contribution >= 0.6 is 27.3 Å². The summed E-state index contributed by atoms with van der Waals surface area (Å²) in [5, 5.41) is 15.8. The number of nitrogens with one attached hydrogen (secondary N) is 1. The number of non-ortho nitro benzene ring substituents is 1. The number of thiophene rings is 1. The van der Waals surface area contributed by atoms with E-state index >= 15 is 0 Å². The Morgan fingerprint density at radius 3 is 2.50 bits per heavy atom. The molecule has 1 heterocycles. The monoisotopic (exact) mass is 326 g/mol. The lowest BCUT2D eigenvalue weighted by atomic mass is 10.2. The molecule has 18 heavy (non-hydrogen) atoms. The summed E-state index contributed by atoms with van der Waals surface area (Å²) in [6.07, 6.45) is 0. The fourth-order valence-electron chi connectivity index (χ4n) is 1.51. The molecule has 0 radical (unpaired) electrons. The molecule has 1 aromatic carbocycles. The first-order chi connectivity index (χ1) is 8.66. The van der Waals surface area contributed by atoms with Gasteiger partial charge in [-0.25, -0.2) is 0 Å². The molecular weight excluding hydrogens is 316 g/mol. The number of hydrogen-bond acceptors (Lipinski definition) is 4. The van der Waals surface area contributed by atoms with Crippen LogP contribution in [0.2, 0.25) is 0 Å². The fraction of sp³-hybridized carbons (Fsp3) is 0.167. The normalized spacial score (nSPS) is 10.5. The Kier molecular flexibility index (Phi) is 4.46. The first-order valence-corrected chi connectivity index (χ1v) is 7.00. The van der Waals surface area contributed by atoms with E-state index in [0.29, 0.717) is 6.54 Å². The average molecular weight is 327 g/mol. The highest BCUT2D eigenvalue weighted by molar-refractivity contribution is 9.10. The summed E-state index contributed by atoms with van der Waals surface area (Å²) in [5.41, 5.74) is 1.16. The van der Waals surface area contributed by atoms with Crippen molar-refractivity contribution in [3.8, 4) is 0 Å². The third kappa shape index (κ3) is 3.38. The molecule has 2 aromatic rings. The molecule has 0 saturated carbocycles. The van der Waals surface area contributed by atoms with Gasteiger partial charge in [-0.2, -0.15) is 0 Å². The van der Waals surface area contributed by atoms with Crippen LogP contribution in [0.1, 0.15) is 10.4 Å². The zero-order chi connectivity index (χ0) is 13.0. The molecule has 0 fully saturated rings. The zero-order valence-electron chi connectivity index (χ0n) is 9.43. The standard InChI is InChI=1S/C12H11BrN2O2S/c13-11-5-6-18-12(11)8-14-7-9-1-3-10(4-2-9)15(16)17/h1-6,14H,7-8H2. The van der Waals surface area contributed by atoms with E-state index in [1.54, 1.807) is 23.5 Å². The van der Waals surface area contributed by atoms with E-state index in [2.05, 4.69) is 21.2 Å². The highest BCUT2D eigenvalue weighted by Gasteiger charge is 2.04. The predicted octanol–water partition coefficient (Wildman–Crippen LogP) is 3.71. The van der Waals surface area contributed by atoms with Crippen LogP contribution in [0, 0.1) is 10.1 Å². The van der Waals surface area contributed by atoms with E-state index in [0.717, 1.165) is 16.6 Å². The van der Waals surface area contributed by atoms with Gasteiger partial charge in [-0.15, -0.1) is 11.3 Å². The first kappa shape index (κ1) is 13.2. The summed E-state index contributed by atoms with van der Waals surface area (Å²) in [6, 6.07) is 8.62. The molecule has 0 spiro atoms. The Bertz CT molecular complexity index is 539. The second-order valence-corrected chi connectivity index (χ2v) is 5.57. The molecule has 4 nitrogen and oxygen atoms in total. The second kappa shape index (κ2) is 6.08. The molecule has 1 N–H and O–H groups in total. The maximum absolute atomic E-state index is 10.5. The molecule has 0 aliphatic heterocycles. The Hall–Kier alpha value is -1.24. The summed E-state index contributed by atoms with van der Waals surface area (Å²) in [5.74, 6) is 0. The second-order valence-electron chi connectivity index (χ2n) is 3.72. The van der Waals surface area contributed by atoms with Gasteiger partial charge in [0.05, 0.1) is 4.92 Å². The number of nitro groups is 1. The number of hydrogen-bond donors (Lipinski definition) is 1. The third-order valence-electron chi connectivity index (χ3n) is 2.45. The summed E-state index contributed by atoms with van der Waals surface area (Å²) >= 11 is 5.17. The van der Waals surface area contributed by atoms with Gasteiger partial charge in [0.2, 0.25) is 0 Å². The van der Waals surface area contributed by atoms with E-state index in [1.165, 1.54) is 17.0 Å². The van der Waals surface area contributed by atoms with Gasteiger partial charge in [-0.05, 0) is 32.9 Å². The maximum Gasteiger partial charge on any atom is 0.269 e. The van der Waals surface area contributed by atoms with E-state index in [1.807, 2.05) is 11.4 Å². The summed E-state index contributed by atoms with van der Waals surface area (Å²) in [4.78, 5) is 11.4. The lowest BCUT2D eigenvalue weighted by molar-refractivity contribution is -0.384. The van der Waals surface area contributed by atoms with Crippen molar-refractivity contribution in [2.24, 2.45) is 0 Å². The molecule has 0 aliphatic rings. The molecule has 1 aromatic heterocycles. The van der Waals surface area contributed by atoms with Gasteiger partial charge in [0.25, 0.3) is 5.69 Å². The number of nitro benzene ring substituents is 1. The minimum atomic E-state index is -0.389. The highest BCUT2D eigenvalue weighted by atomic mass is 79.9. The fourth-order valence-corrected chi connectivity index (χ4v) is 2.97. The molecule has 6 heteroatoms. The SMILES string of the molecule is O=[N+]([O-])c1ccc(CNCc2sccc2Br)cc1. The molecule has 94 valence electrons. The quantitative estimate of drug-likeness (QED) is 0.673. The molecule has 0 atom stereocenters. The van der Waals surface area contributed by atoms with Crippen molar-refractivity contribution >= 4 is 33.0 Å². The van der Waals surface area contributed by atoms with Crippen LogP contribution in [-0.4, -0.2) is 4.92 Å². The Balaban J connectivity index is 1.87. The van der Waals surface area contributed by atoms with Crippen molar-refractivity contribution in [2.75, 3.05) is 0 Å². The van der Waals surface area contributed by atoms with Gasteiger partial charge >= 0.3 is 0 Å². The minimum Gasteiger partial charge on any atom is -0.308 e. The van der Waals surface area contributed by atoms with Crippen molar-refractivity contribution < 1.29 is 4.92 Å². The number of nitrogens with zero attached hydrogens (tertiary/aromatic N) is 1. The van der Waals surface area contributed by atoms with Gasteiger partial charge in [0, 0.05) is 34.6 Å². The molecule has 0 unspecified atom stereocenters. The summed E-state index contributed by atoms with van der Waals surface area (Å²) in [7, 11) is 0. The Morgan fingerprint density at radius 2 is 1.94 bits per heavy atom. The topological polar surface area (TPSA) is 55.2 Å². The lowest BCUT2D eigenvalue weighted by Crippen LogP contribution is -2.11. The maximum atomic E-state index is 10.5. The van der Waals surface area contributed by atoms with Gasteiger partial charge < -0.3 is 5.32 Å². The van der Waals surface area contributed by atoms with Crippen molar-refractivity contribution in [2.45, 2.75) is 13.1 Å². The molecule has 0 aliphatic carbocycles. The van der Waals surface area contributed by atoms with Crippen LogP contribution in [0.15, 0.2) is 40.2 Å². The van der Waals surface area contributed by atoms with Gasteiger partial charge in [0.15, 0.2) is 0 Å². The molecule has 0 saturated heterocycles. The van der Waals surface area contributed by atoms with E-state index in [4.69, 9.17) is 0 Å². The van der Waals surface area contributed by atoms with Crippen LogP contribution in [0.4, 0.5) is 5.69 Å². The molecule has 2 rings (SSSR count). The molecule has 0 bridgehead atoms. The number of halogens is 1. The molecule has 0 amide bonds. The van der Waals surface area contributed by atoms with E-state index in [-0.39, 0.29) is 10.6 Å². The molecular formula is C12H11BrN2O2S. The van der Waals surface area contributed by atoms with Crippen molar-refractivity contribution in [1.82, 2.24) is 5.32 Å². The first-order valence-electron chi connectivity index (χ1n) is 5.33. The summed E-state index contributed by atoms with van der Waals surface area (Å²) < 4.78 is 1.11. The van der Waals surface area contributed by atoms with Crippen LogP contribution in [-0.2, 0) is 13.1 Å². The predicted molar refractivity (Wildman–Crippen MR) is 75.7 cm³/mol. The van der Waals surface area contributed by atoms with Crippen molar-refractivity contribution in [1.29, 1.82) is 0 Å². The largest absolute Gasteiger partial charge is 0.308 e. The number of rotatable bonds is 5. The smallest absolute Gasteiger partial charge is 0.269 e. The van der Waals surface area contributed by atoms with Crippen LogP contribution in [0.25, 0.3) is 0 Å². The average Bonchev–Trinajstić information content (AvgIpc) is 2.76.